The average Bonchev–Trinajstić information content (AvgIpc) is 3.92. The van der Waals surface area contributed by atoms with Crippen LogP contribution in [-0.2, 0) is 23.8 Å². The third-order valence-corrected chi connectivity index (χ3v) is 15.0. The normalized spacial score (nSPS) is 16.3. The van der Waals surface area contributed by atoms with E-state index >= 15 is 0 Å². The van der Waals surface area contributed by atoms with Crippen LogP contribution in [0.3, 0.4) is 0 Å². The van der Waals surface area contributed by atoms with Gasteiger partial charge < -0.3 is 10.5 Å². The molecule has 13 rings (SSSR count). The van der Waals surface area contributed by atoms with Crippen LogP contribution < -0.4 is 10.5 Å². The Labute approximate surface area is 409 Å². The first-order chi connectivity index (χ1) is 34.6. The van der Waals surface area contributed by atoms with Crippen LogP contribution in [0.25, 0.3) is 39.1 Å². The molecular weight excluding hydrogens is 849 g/mol. The zero-order valence-electron chi connectivity index (χ0n) is 38.6. The Balaban J connectivity index is 1.04. The highest BCUT2D eigenvalue weighted by atomic mass is 16.5. The van der Waals surface area contributed by atoms with E-state index in [1.807, 2.05) is 66.8 Å². The summed E-state index contributed by atoms with van der Waals surface area (Å²) in [6, 6.07) is 77.6. The van der Waals surface area contributed by atoms with Gasteiger partial charge in [-0.1, -0.05) is 237 Å². The lowest BCUT2D eigenvalue weighted by Gasteiger charge is -2.49. The molecule has 3 nitrogen and oxygen atoms in total. The van der Waals surface area contributed by atoms with Gasteiger partial charge in [-0.05, 0) is 113 Å². The first-order valence-electron chi connectivity index (χ1n) is 24.2. The maximum absolute atomic E-state index is 6.96. The summed E-state index contributed by atoms with van der Waals surface area (Å²) in [4.78, 5) is 5.20. The van der Waals surface area contributed by atoms with Crippen molar-refractivity contribution in [1.29, 1.82) is 0 Å². The summed E-state index contributed by atoms with van der Waals surface area (Å²) in [6.45, 7) is 4.88. The van der Waals surface area contributed by atoms with Gasteiger partial charge in [0, 0.05) is 11.3 Å². The summed E-state index contributed by atoms with van der Waals surface area (Å²) >= 11 is 0. The van der Waals surface area contributed by atoms with E-state index < -0.39 is 10.8 Å². The van der Waals surface area contributed by atoms with Crippen LogP contribution in [0.5, 0.6) is 5.75 Å². The summed E-state index contributed by atoms with van der Waals surface area (Å²) < 4.78 is 6.96. The Morgan fingerprint density at radius 2 is 1.06 bits per heavy atom. The van der Waals surface area contributed by atoms with Crippen LogP contribution in [0.4, 0.5) is 0 Å². The molecule has 2 spiro atoms. The molecule has 0 radical (unpaired) electrons. The molecule has 1 aliphatic heterocycles. The standard InChI is InChI=1S/C67H48N2O/c1-44-20-5-2-10-25-49-40-41-60-63(65(49)70-44)53-29-19-28-50(46-38-36-45(37-39-46)43-69-62(48-23-8-4-9-24-48)42-61(68)47-21-6-3-7-22-47)64(53)67(60)58-34-17-15-32-56(58)66(57-33-16-18-35-59(57)67)54-30-13-11-26-51(54)52-27-12-14-31-55(52)66/h2-24,26-42H,1,25,43,68H2/b10-2-,20-5-,61-42-,69-62?. The van der Waals surface area contributed by atoms with Gasteiger partial charge in [-0.2, -0.15) is 0 Å². The lowest BCUT2D eigenvalue weighted by Crippen LogP contribution is -2.44. The van der Waals surface area contributed by atoms with Crippen LogP contribution in [0.1, 0.15) is 66.8 Å². The van der Waals surface area contributed by atoms with E-state index in [9.17, 15) is 0 Å². The molecule has 9 aromatic carbocycles. The highest BCUT2D eigenvalue weighted by Gasteiger charge is 2.60. The maximum Gasteiger partial charge on any atom is 0.139 e. The van der Waals surface area contributed by atoms with Crippen molar-refractivity contribution in [3.63, 3.8) is 0 Å². The van der Waals surface area contributed by atoms with E-state index in [1.54, 1.807) is 0 Å². The van der Waals surface area contributed by atoms with Gasteiger partial charge in [0.15, 0.2) is 0 Å². The third kappa shape index (κ3) is 6.11. The molecular formula is C67H48N2O. The molecule has 0 unspecified atom stereocenters. The zero-order chi connectivity index (χ0) is 46.8. The molecule has 3 heteroatoms. The van der Waals surface area contributed by atoms with E-state index in [4.69, 9.17) is 15.5 Å². The first-order valence-corrected chi connectivity index (χ1v) is 24.2. The van der Waals surface area contributed by atoms with Crippen LogP contribution in [-0.4, -0.2) is 5.71 Å². The number of nitrogens with zero attached hydrogens (tertiary/aromatic N) is 1. The molecule has 0 fully saturated rings. The van der Waals surface area contributed by atoms with Gasteiger partial charge in [0.1, 0.15) is 11.5 Å². The Morgan fingerprint density at radius 3 is 1.70 bits per heavy atom. The molecule has 0 bridgehead atoms. The van der Waals surface area contributed by atoms with Crippen molar-refractivity contribution in [1.82, 2.24) is 0 Å². The Kier molecular flexibility index (Phi) is 9.74. The highest BCUT2D eigenvalue weighted by molar-refractivity contribution is 6.12. The Hall–Kier alpha value is -8.79. The number of hydrogen-bond acceptors (Lipinski definition) is 3. The van der Waals surface area contributed by atoms with E-state index in [0.29, 0.717) is 18.0 Å². The van der Waals surface area contributed by atoms with Crippen molar-refractivity contribution in [3.05, 3.63) is 322 Å². The molecule has 70 heavy (non-hydrogen) atoms. The lowest BCUT2D eigenvalue weighted by molar-refractivity contribution is 0.444. The summed E-state index contributed by atoms with van der Waals surface area (Å²) in [5, 5.41) is 0. The van der Waals surface area contributed by atoms with E-state index in [1.165, 1.54) is 66.8 Å². The summed E-state index contributed by atoms with van der Waals surface area (Å²) in [5.41, 5.74) is 28.6. The van der Waals surface area contributed by atoms with Gasteiger partial charge >= 0.3 is 0 Å². The van der Waals surface area contributed by atoms with Crippen molar-refractivity contribution in [3.8, 4) is 39.1 Å². The van der Waals surface area contributed by atoms with Gasteiger partial charge in [-0.15, -0.1) is 0 Å². The molecule has 4 aliphatic rings. The molecule has 0 saturated carbocycles. The minimum Gasteiger partial charge on any atom is -0.457 e. The number of nitrogens with two attached hydrogens (primary N) is 1. The monoisotopic (exact) mass is 896 g/mol. The molecule has 2 N–H and O–H groups in total. The fourth-order valence-corrected chi connectivity index (χ4v) is 12.2. The second kappa shape index (κ2) is 16.5. The first kappa shape index (κ1) is 41.4. The smallest absolute Gasteiger partial charge is 0.139 e. The van der Waals surface area contributed by atoms with Gasteiger partial charge in [0.2, 0.25) is 0 Å². The number of ether oxygens (including phenoxy) is 1. The number of fused-ring (bicyclic) bond motifs is 18. The third-order valence-electron chi connectivity index (χ3n) is 15.0. The fourth-order valence-electron chi connectivity index (χ4n) is 12.2. The van der Waals surface area contributed by atoms with E-state index in [0.717, 1.165) is 51.3 Å². The van der Waals surface area contributed by atoms with Gasteiger partial charge in [0.05, 0.1) is 23.1 Å². The molecule has 0 amide bonds. The predicted molar refractivity (Wildman–Crippen MR) is 287 cm³/mol. The van der Waals surface area contributed by atoms with Crippen LogP contribution in [0, 0.1) is 0 Å². The predicted octanol–water partition coefficient (Wildman–Crippen LogP) is 14.9. The summed E-state index contributed by atoms with van der Waals surface area (Å²) in [7, 11) is 0. The summed E-state index contributed by atoms with van der Waals surface area (Å²) in [6.07, 6.45) is 11.0. The topological polar surface area (TPSA) is 47.6 Å². The second-order valence-corrected chi connectivity index (χ2v) is 18.7. The Bertz CT molecular complexity index is 3610. The minimum atomic E-state index is -0.728. The molecule has 3 aliphatic carbocycles. The van der Waals surface area contributed by atoms with Crippen molar-refractivity contribution < 1.29 is 4.74 Å². The SMILES string of the molecule is C=C1/C=C\C=C/Cc2ccc3c(c2O1)-c1cccc(-c2ccc(CN=C(/C=C(\N)c4ccccc4)c4ccccc4)cc2)c1C31c2ccccc2C2(c3ccccc3-c3ccccc32)c2ccccc21. The van der Waals surface area contributed by atoms with Crippen LogP contribution >= 0.6 is 0 Å². The minimum absolute atomic E-state index is 0.493. The van der Waals surface area contributed by atoms with E-state index in [-0.39, 0.29) is 0 Å². The van der Waals surface area contributed by atoms with Crippen LogP contribution in [0.2, 0.25) is 0 Å². The maximum atomic E-state index is 6.96. The average molecular weight is 897 g/mol. The second-order valence-electron chi connectivity index (χ2n) is 18.7. The van der Waals surface area contributed by atoms with Gasteiger partial charge in [-0.25, -0.2) is 0 Å². The Morgan fingerprint density at radius 1 is 0.514 bits per heavy atom. The zero-order valence-corrected chi connectivity index (χ0v) is 38.6. The molecule has 9 aromatic rings. The van der Waals surface area contributed by atoms with Crippen molar-refractivity contribution in [2.24, 2.45) is 10.7 Å². The molecule has 0 aromatic heterocycles. The largest absolute Gasteiger partial charge is 0.457 e. The number of benzene rings is 9. The quantitative estimate of drug-likeness (QED) is 0.169. The highest BCUT2D eigenvalue weighted by Crippen LogP contribution is 2.69. The molecule has 0 saturated heterocycles. The van der Waals surface area contributed by atoms with Crippen molar-refractivity contribution in [2.75, 3.05) is 0 Å². The van der Waals surface area contributed by atoms with Gasteiger partial charge in [0.25, 0.3) is 0 Å². The van der Waals surface area contributed by atoms with Crippen LogP contribution in [0.15, 0.2) is 260 Å². The van der Waals surface area contributed by atoms with Gasteiger partial charge in [-0.3, -0.25) is 4.99 Å². The molecule has 0 atom stereocenters. The molecule has 1 heterocycles. The summed E-state index contributed by atoms with van der Waals surface area (Å²) in [5.74, 6) is 1.47. The molecule has 332 valence electrons. The van der Waals surface area contributed by atoms with Crippen molar-refractivity contribution in [2.45, 2.75) is 23.8 Å². The lowest BCUT2D eigenvalue weighted by atomic mass is 9.52. The van der Waals surface area contributed by atoms with Crippen molar-refractivity contribution >= 4 is 11.4 Å². The number of rotatable bonds is 6. The number of allylic oxidation sites excluding steroid dienone is 5. The van der Waals surface area contributed by atoms with E-state index in [2.05, 4.69) is 183 Å². The number of hydrogen-bond donors (Lipinski definition) is 1. The fraction of sp³-hybridized carbons (Fsp3) is 0.0597. The number of aliphatic imine (C=N–C) groups is 1.